The fraction of sp³-hybridized carbons (Fsp3) is 0.176. The second kappa shape index (κ2) is 7.10. The van der Waals surface area contributed by atoms with Crippen molar-refractivity contribution in [2.24, 2.45) is 0 Å². The Morgan fingerprint density at radius 2 is 2.00 bits per heavy atom. The molecule has 0 amide bonds. The van der Waals surface area contributed by atoms with Crippen LogP contribution in [0.1, 0.15) is 11.1 Å². The van der Waals surface area contributed by atoms with E-state index < -0.39 is 0 Å². The number of methoxy groups -OCH3 is 1. The summed E-state index contributed by atoms with van der Waals surface area (Å²) in [6, 6.07) is 14.8. The number of benzene rings is 1. The Hall–Kier alpha value is -1.32. The van der Waals surface area contributed by atoms with Crippen LogP contribution in [0.3, 0.4) is 0 Å². The van der Waals surface area contributed by atoms with Crippen molar-refractivity contribution in [1.82, 2.24) is 0 Å². The first-order valence-corrected chi connectivity index (χ1v) is 9.63. The molecule has 2 heterocycles. The average molecular weight is 363 g/mol. The predicted octanol–water partition coefficient (Wildman–Crippen LogP) is 3.68. The van der Waals surface area contributed by atoms with Gasteiger partial charge in [-0.25, -0.2) is 0 Å². The molecule has 2 aromatic heterocycles. The summed E-state index contributed by atoms with van der Waals surface area (Å²) in [7, 11) is 1.73. The van der Waals surface area contributed by atoms with Crippen LogP contribution in [0.4, 0.5) is 0 Å². The quantitative estimate of drug-likeness (QED) is 0.624. The van der Waals surface area contributed by atoms with Gasteiger partial charge in [-0.1, -0.05) is 0 Å². The third-order valence-electron chi connectivity index (χ3n) is 3.15. The van der Waals surface area contributed by atoms with Gasteiger partial charge in [-0.3, -0.25) is 0 Å². The van der Waals surface area contributed by atoms with E-state index in [4.69, 9.17) is 9.15 Å². The Morgan fingerprint density at radius 1 is 1.14 bits per heavy atom. The van der Waals surface area contributed by atoms with E-state index in [2.05, 4.69) is 47.8 Å². The molecule has 4 heteroatoms. The van der Waals surface area contributed by atoms with Crippen LogP contribution in [0.5, 0.6) is 0 Å². The maximum atomic E-state index is 5.82. The molecule has 0 radical (unpaired) electrons. The second-order valence-corrected chi connectivity index (χ2v) is 7.73. The Morgan fingerprint density at radius 3 is 2.71 bits per heavy atom. The fourth-order valence-corrected chi connectivity index (χ4v) is 4.93. The number of furan rings is 1. The molecule has 3 aromatic rings. The van der Waals surface area contributed by atoms with E-state index >= 15 is 0 Å². The normalized spacial score (nSPS) is 10.9. The number of hydrogen-bond acceptors (Lipinski definition) is 3. The van der Waals surface area contributed by atoms with E-state index in [0.29, 0.717) is 21.6 Å². The van der Waals surface area contributed by atoms with Gasteiger partial charge in [0.05, 0.1) is 0 Å². The minimum atomic E-state index is 0.402. The van der Waals surface area contributed by atoms with Crippen LogP contribution in [-0.4, -0.2) is 22.1 Å². The molecule has 0 unspecified atom stereocenters. The summed E-state index contributed by atoms with van der Waals surface area (Å²) in [5, 5.41) is 3.11. The fourth-order valence-electron chi connectivity index (χ4n) is 2.14. The predicted molar refractivity (Wildman–Crippen MR) is 88.3 cm³/mol. The molecule has 108 valence electrons. The molecule has 3 rings (SSSR count). The zero-order valence-electron chi connectivity index (χ0n) is 11.7. The Bertz CT molecular complexity index is 674. The number of hydrogen-bond donors (Lipinski definition) is 0. The van der Waals surface area contributed by atoms with Crippen molar-refractivity contribution in [2.75, 3.05) is 7.11 Å². The van der Waals surface area contributed by atoms with Crippen LogP contribution >= 0.6 is 11.3 Å². The number of ether oxygens (including phenoxy) is 1. The second-order valence-electron chi connectivity index (χ2n) is 4.58. The molecule has 0 saturated carbocycles. The summed E-state index contributed by atoms with van der Waals surface area (Å²) in [6.07, 6.45) is 1.84. The first-order valence-electron chi connectivity index (χ1n) is 6.68. The van der Waals surface area contributed by atoms with E-state index in [1.54, 1.807) is 18.4 Å². The van der Waals surface area contributed by atoms with E-state index in [1.807, 2.05) is 6.26 Å². The minimum absolute atomic E-state index is 0.402. The maximum absolute atomic E-state index is 5.82. The third-order valence-corrected chi connectivity index (χ3v) is 6.20. The number of rotatable bonds is 6. The van der Waals surface area contributed by atoms with Crippen LogP contribution in [0, 0.1) is 0 Å². The van der Waals surface area contributed by atoms with E-state index in [1.165, 1.54) is 20.5 Å². The molecule has 0 saturated heterocycles. The van der Waals surface area contributed by atoms with Gasteiger partial charge in [-0.15, -0.1) is 0 Å². The van der Waals surface area contributed by atoms with Gasteiger partial charge >= 0.3 is 135 Å². The molecular weight excluding hydrogens is 347 g/mol. The summed E-state index contributed by atoms with van der Waals surface area (Å²) in [5.41, 5.74) is 2.46. The van der Waals surface area contributed by atoms with Gasteiger partial charge < -0.3 is 0 Å². The topological polar surface area (TPSA) is 22.4 Å². The van der Waals surface area contributed by atoms with Crippen molar-refractivity contribution in [1.29, 1.82) is 0 Å². The SMILES string of the molecule is COCc1coc(-c2cccs2)c1C[Se]c1ccccc1. The summed E-state index contributed by atoms with van der Waals surface area (Å²) in [5.74, 6) is 1.01. The molecule has 2 nitrogen and oxygen atoms in total. The summed E-state index contributed by atoms with van der Waals surface area (Å²) in [6.45, 7) is 0.606. The molecule has 0 atom stereocenters. The summed E-state index contributed by atoms with van der Waals surface area (Å²) < 4.78 is 12.5. The molecule has 0 bridgehead atoms. The molecular formula is C17H16O2SSe. The molecule has 0 aliphatic carbocycles. The molecule has 0 spiro atoms. The van der Waals surface area contributed by atoms with Crippen molar-refractivity contribution in [2.45, 2.75) is 11.9 Å². The van der Waals surface area contributed by atoms with Gasteiger partial charge in [-0.2, -0.15) is 0 Å². The van der Waals surface area contributed by atoms with Crippen molar-refractivity contribution < 1.29 is 9.15 Å². The first-order chi connectivity index (χ1) is 10.4. The molecule has 1 aromatic carbocycles. The van der Waals surface area contributed by atoms with Crippen LogP contribution in [0.2, 0.25) is 0 Å². The van der Waals surface area contributed by atoms with Crippen LogP contribution in [-0.2, 0) is 16.7 Å². The van der Waals surface area contributed by atoms with Crippen LogP contribution in [0.25, 0.3) is 10.6 Å². The molecule has 21 heavy (non-hydrogen) atoms. The van der Waals surface area contributed by atoms with Crippen molar-refractivity contribution in [3.8, 4) is 10.6 Å². The Kier molecular flexibility index (Phi) is 4.94. The van der Waals surface area contributed by atoms with Gasteiger partial charge in [-0.05, 0) is 0 Å². The Balaban J connectivity index is 1.86. The Labute approximate surface area is 134 Å². The monoisotopic (exact) mass is 364 g/mol. The summed E-state index contributed by atoms with van der Waals surface area (Å²) in [4.78, 5) is 1.19. The number of thiophene rings is 1. The van der Waals surface area contributed by atoms with Crippen LogP contribution in [0.15, 0.2) is 58.5 Å². The van der Waals surface area contributed by atoms with E-state index in [9.17, 15) is 0 Å². The van der Waals surface area contributed by atoms with E-state index in [0.717, 1.165) is 11.1 Å². The van der Waals surface area contributed by atoms with Gasteiger partial charge in [0.15, 0.2) is 0 Å². The van der Waals surface area contributed by atoms with Gasteiger partial charge in [0.1, 0.15) is 0 Å². The molecule has 0 fully saturated rings. The van der Waals surface area contributed by atoms with Crippen molar-refractivity contribution in [3.05, 3.63) is 65.2 Å². The summed E-state index contributed by atoms with van der Waals surface area (Å²) >= 11 is 2.12. The molecule has 0 aliphatic rings. The first kappa shape index (κ1) is 14.6. The zero-order chi connectivity index (χ0) is 14.5. The van der Waals surface area contributed by atoms with Crippen molar-refractivity contribution >= 4 is 30.8 Å². The van der Waals surface area contributed by atoms with Gasteiger partial charge in [0.25, 0.3) is 0 Å². The third kappa shape index (κ3) is 3.47. The molecule has 0 N–H and O–H groups in total. The molecule has 0 aliphatic heterocycles. The van der Waals surface area contributed by atoms with Gasteiger partial charge in [0, 0.05) is 0 Å². The van der Waals surface area contributed by atoms with Crippen molar-refractivity contribution in [3.63, 3.8) is 0 Å². The van der Waals surface area contributed by atoms with Gasteiger partial charge in [0.2, 0.25) is 0 Å². The standard InChI is InChI=1S/C17H16O2SSe/c1-18-10-13-11-19-17(16-8-5-9-20-16)15(13)12-21-14-6-3-2-4-7-14/h2-9,11H,10,12H2,1H3. The zero-order valence-corrected chi connectivity index (χ0v) is 14.3. The van der Waals surface area contributed by atoms with Crippen LogP contribution < -0.4 is 4.46 Å². The average Bonchev–Trinajstić information content (AvgIpc) is 3.16. The van der Waals surface area contributed by atoms with E-state index in [-0.39, 0.29) is 0 Å².